The van der Waals surface area contributed by atoms with Crippen LogP contribution in [0.25, 0.3) is 11.3 Å². The number of aromatic nitrogens is 1. The Balaban J connectivity index is 1.88. The van der Waals surface area contributed by atoms with Crippen LogP contribution in [0.15, 0.2) is 28.8 Å². The first-order chi connectivity index (χ1) is 12.2. The third-order valence-corrected chi connectivity index (χ3v) is 4.56. The van der Waals surface area contributed by atoms with Crippen molar-refractivity contribution in [1.29, 1.82) is 0 Å². The normalized spacial score (nSPS) is 11.4. The van der Waals surface area contributed by atoms with Crippen LogP contribution >= 0.6 is 0 Å². The summed E-state index contributed by atoms with van der Waals surface area (Å²) in [4.78, 5) is 13.3. The van der Waals surface area contributed by atoms with Gasteiger partial charge in [0, 0.05) is 32.0 Å². The first-order valence-corrected chi connectivity index (χ1v) is 9.79. The fourth-order valence-corrected chi connectivity index (χ4v) is 2.83. The standard InChI is InChI=1S/C16H19F2N3O4S/c1-21(6-3-7-26(2,23)24)16(22)19-10-12-9-15(25-20-12)13-5-4-11(17)8-14(13)18/h4-5,8-9H,3,6-7,10H2,1-2H3,(H,19,22). The lowest BCUT2D eigenvalue weighted by molar-refractivity contribution is 0.208. The molecule has 0 fully saturated rings. The van der Waals surface area contributed by atoms with Gasteiger partial charge in [-0.25, -0.2) is 22.0 Å². The monoisotopic (exact) mass is 387 g/mol. The van der Waals surface area contributed by atoms with Gasteiger partial charge in [-0.15, -0.1) is 0 Å². The number of halogens is 2. The molecule has 0 atom stereocenters. The molecule has 1 N–H and O–H groups in total. The van der Waals surface area contributed by atoms with Crippen LogP contribution in [-0.2, 0) is 16.4 Å². The lowest BCUT2D eigenvalue weighted by Crippen LogP contribution is -2.37. The maximum atomic E-state index is 13.7. The van der Waals surface area contributed by atoms with Crippen LogP contribution < -0.4 is 5.32 Å². The zero-order chi connectivity index (χ0) is 19.3. The Morgan fingerprint density at radius 2 is 2.04 bits per heavy atom. The van der Waals surface area contributed by atoms with Gasteiger partial charge in [0.15, 0.2) is 5.76 Å². The second kappa shape index (κ2) is 8.26. The summed E-state index contributed by atoms with van der Waals surface area (Å²) in [6.45, 7) is 0.325. The summed E-state index contributed by atoms with van der Waals surface area (Å²) in [6.07, 6.45) is 1.47. The molecular weight excluding hydrogens is 368 g/mol. The van der Waals surface area contributed by atoms with Gasteiger partial charge in [0.25, 0.3) is 0 Å². The number of benzene rings is 1. The van der Waals surface area contributed by atoms with Crippen molar-refractivity contribution in [2.45, 2.75) is 13.0 Å². The molecule has 142 valence electrons. The van der Waals surface area contributed by atoms with Gasteiger partial charge in [0.05, 0.1) is 17.9 Å². The fourth-order valence-electron chi connectivity index (χ4n) is 2.18. The predicted octanol–water partition coefficient (Wildman–Crippen LogP) is 2.20. The van der Waals surface area contributed by atoms with Crippen molar-refractivity contribution >= 4 is 15.9 Å². The molecule has 0 radical (unpaired) electrons. The Bertz CT molecular complexity index is 883. The summed E-state index contributed by atoms with van der Waals surface area (Å²) < 4.78 is 53.8. The molecule has 2 amide bonds. The molecule has 1 aromatic carbocycles. The second-order valence-corrected chi connectivity index (χ2v) is 8.13. The summed E-state index contributed by atoms with van der Waals surface area (Å²) in [5.41, 5.74) is 0.427. The Morgan fingerprint density at radius 3 is 2.69 bits per heavy atom. The van der Waals surface area contributed by atoms with Crippen molar-refractivity contribution in [2.24, 2.45) is 0 Å². The molecule has 0 aliphatic heterocycles. The second-order valence-electron chi connectivity index (χ2n) is 5.87. The Hall–Kier alpha value is -2.49. The number of amides is 2. The molecule has 7 nitrogen and oxygen atoms in total. The minimum Gasteiger partial charge on any atom is -0.356 e. The summed E-state index contributed by atoms with van der Waals surface area (Å²) >= 11 is 0. The van der Waals surface area contributed by atoms with Gasteiger partial charge in [-0.05, 0) is 18.6 Å². The van der Waals surface area contributed by atoms with E-state index in [9.17, 15) is 22.0 Å². The van der Waals surface area contributed by atoms with E-state index in [1.54, 1.807) is 7.05 Å². The lowest BCUT2D eigenvalue weighted by atomic mass is 10.1. The first-order valence-electron chi connectivity index (χ1n) is 7.73. The van der Waals surface area contributed by atoms with Gasteiger partial charge in [0.1, 0.15) is 27.2 Å². The molecule has 0 aliphatic carbocycles. The van der Waals surface area contributed by atoms with Gasteiger partial charge in [-0.1, -0.05) is 5.16 Å². The maximum Gasteiger partial charge on any atom is 0.317 e. The van der Waals surface area contributed by atoms with Crippen molar-refractivity contribution in [2.75, 3.05) is 25.6 Å². The third kappa shape index (κ3) is 5.80. The highest BCUT2D eigenvalue weighted by molar-refractivity contribution is 7.90. The highest BCUT2D eigenvalue weighted by atomic mass is 32.2. The number of nitrogens with one attached hydrogen (secondary N) is 1. The Morgan fingerprint density at radius 1 is 1.31 bits per heavy atom. The van der Waals surface area contributed by atoms with E-state index in [2.05, 4.69) is 10.5 Å². The highest BCUT2D eigenvalue weighted by Crippen LogP contribution is 2.24. The average Bonchev–Trinajstić information content (AvgIpc) is 2.99. The van der Waals surface area contributed by atoms with E-state index in [4.69, 9.17) is 4.52 Å². The summed E-state index contributed by atoms with van der Waals surface area (Å²) in [5.74, 6) is -1.35. The van der Waals surface area contributed by atoms with Crippen LogP contribution in [-0.4, -0.2) is 50.1 Å². The molecule has 0 spiro atoms. The van der Waals surface area contributed by atoms with E-state index >= 15 is 0 Å². The van der Waals surface area contributed by atoms with Crippen LogP contribution in [0.5, 0.6) is 0 Å². The predicted molar refractivity (Wildman–Crippen MR) is 91.0 cm³/mol. The smallest absolute Gasteiger partial charge is 0.317 e. The van der Waals surface area contributed by atoms with Crippen molar-refractivity contribution in [3.63, 3.8) is 0 Å². The number of urea groups is 1. The van der Waals surface area contributed by atoms with E-state index in [0.29, 0.717) is 12.1 Å². The van der Waals surface area contributed by atoms with Gasteiger partial charge < -0.3 is 14.7 Å². The zero-order valence-electron chi connectivity index (χ0n) is 14.3. The summed E-state index contributed by atoms with van der Waals surface area (Å²) in [5, 5.41) is 6.33. The highest BCUT2D eigenvalue weighted by Gasteiger charge is 2.14. The Labute approximate surface area is 149 Å². The van der Waals surface area contributed by atoms with Crippen LogP contribution in [0.1, 0.15) is 12.1 Å². The molecular formula is C16H19F2N3O4S. The average molecular weight is 387 g/mol. The number of hydrogen-bond donors (Lipinski definition) is 1. The Kier molecular flexibility index (Phi) is 6.30. The number of nitrogens with zero attached hydrogens (tertiary/aromatic N) is 2. The summed E-state index contributed by atoms with van der Waals surface area (Å²) in [7, 11) is -1.52. The van der Waals surface area contributed by atoms with Crippen LogP contribution in [0.3, 0.4) is 0 Å². The van der Waals surface area contributed by atoms with Gasteiger partial charge in [0.2, 0.25) is 0 Å². The molecule has 26 heavy (non-hydrogen) atoms. The van der Waals surface area contributed by atoms with Crippen LogP contribution in [0, 0.1) is 11.6 Å². The van der Waals surface area contributed by atoms with Crippen molar-refractivity contribution in [1.82, 2.24) is 15.4 Å². The van der Waals surface area contributed by atoms with Crippen LogP contribution in [0.4, 0.5) is 13.6 Å². The van der Waals surface area contributed by atoms with E-state index < -0.39 is 27.5 Å². The lowest BCUT2D eigenvalue weighted by Gasteiger charge is -2.17. The quantitative estimate of drug-likeness (QED) is 0.786. The maximum absolute atomic E-state index is 13.7. The first kappa shape index (κ1) is 19.8. The number of hydrogen-bond acceptors (Lipinski definition) is 5. The zero-order valence-corrected chi connectivity index (χ0v) is 15.1. The molecule has 10 heteroatoms. The molecule has 2 rings (SSSR count). The SMILES string of the molecule is CN(CCCS(C)(=O)=O)C(=O)NCc1cc(-c2ccc(F)cc2F)on1. The molecule has 0 saturated carbocycles. The largest absolute Gasteiger partial charge is 0.356 e. The molecule has 0 bridgehead atoms. The minimum atomic E-state index is -3.07. The van der Waals surface area contributed by atoms with Crippen molar-refractivity contribution in [3.05, 3.63) is 41.6 Å². The van der Waals surface area contributed by atoms with Crippen LogP contribution in [0.2, 0.25) is 0 Å². The summed E-state index contributed by atoms with van der Waals surface area (Å²) in [6, 6.07) is 4.12. The third-order valence-electron chi connectivity index (χ3n) is 3.53. The van der Waals surface area contributed by atoms with E-state index in [-0.39, 0.29) is 30.2 Å². The molecule has 0 unspecified atom stereocenters. The fraction of sp³-hybridized carbons (Fsp3) is 0.375. The van der Waals surface area contributed by atoms with Gasteiger partial charge in [-0.3, -0.25) is 0 Å². The molecule has 1 heterocycles. The van der Waals surface area contributed by atoms with E-state index in [0.717, 1.165) is 18.4 Å². The number of sulfone groups is 1. The number of rotatable bonds is 7. The topological polar surface area (TPSA) is 92.5 Å². The van der Waals surface area contributed by atoms with Gasteiger partial charge >= 0.3 is 6.03 Å². The van der Waals surface area contributed by atoms with Crippen molar-refractivity contribution < 1.29 is 26.5 Å². The van der Waals surface area contributed by atoms with E-state index in [1.807, 2.05) is 0 Å². The number of carbonyl (C=O) groups excluding carboxylic acids is 1. The van der Waals surface area contributed by atoms with Gasteiger partial charge in [-0.2, -0.15) is 0 Å². The molecule has 0 saturated heterocycles. The molecule has 0 aliphatic rings. The minimum absolute atomic E-state index is 0.000496. The molecule has 2 aromatic rings. The number of carbonyl (C=O) groups is 1. The van der Waals surface area contributed by atoms with Crippen molar-refractivity contribution in [3.8, 4) is 11.3 Å². The van der Waals surface area contributed by atoms with E-state index in [1.165, 1.54) is 17.0 Å². The molecule has 1 aromatic heterocycles.